The molecule has 1 heterocycles. The van der Waals surface area contributed by atoms with E-state index in [-0.39, 0.29) is 18.8 Å². The lowest BCUT2D eigenvalue weighted by Gasteiger charge is -2.09. The van der Waals surface area contributed by atoms with Crippen molar-refractivity contribution in [1.29, 1.82) is 0 Å². The summed E-state index contributed by atoms with van der Waals surface area (Å²) in [5, 5.41) is 3.98. The first kappa shape index (κ1) is 17.6. The van der Waals surface area contributed by atoms with Crippen LogP contribution in [0.25, 0.3) is 0 Å². The Hall–Kier alpha value is -3.22. The highest BCUT2D eigenvalue weighted by Gasteiger charge is 2.19. The van der Waals surface area contributed by atoms with Crippen molar-refractivity contribution in [2.45, 2.75) is 20.0 Å². The monoisotopic (exact) mass is 356 g/mol. The minimum absolute atomic E-state index is 0.0815. The maximum atomic E-state index is 12.1. The molecule has 0 unspecified atom stereocenters. The second-order valence-corrected chi connectivity index (χ2v) is 5.85. The fraction of sp³-hybridized carbons (Fsp3) is 0.263. The predicted molar refractivity (Wildman–Crippen MR) is 96.4 cm³/mol. The molecule has 1 aliphatic heterocycles. The number of benzene rings is 2. The number of rotatable bonds is 6. The Morgan fingerprint density at radius 1 is 1.23 bits per heavy atom. The van der Waals surface area contributed by atoms with Crippen molar-refractivity contribution in [1.82, 2.24) is 5.43 Å². The van der Waals surface area contributed by atoms with E-state index in [0.717, 1.165) is 0 Å². The third-order valence-corrected chi connectivity index (χ3v) is 3.55. The summed E-state index contributed by atoms with van der Waals surface area (Å²) < 4.78 is 21.5. The molecule has 136 valence electrons. The SMILES string of the molecule is COc1cc(/C=N\NC(=O)c2ccc(OC(C)C)cc2)cc2c1OCO2. The average molecular weight is 356 g/mol. The molecule has 0 aromatic heterocycles. The molecule has 0 aliphatic carbocycles. The summed E-state index contributed by atoms with van der Waals surface area (Å²) in [6.45, 7) is 4.04. The van der Waals surface area contributed by atoms with Crippen molar-refractivity contribution in [3.05, 3.63) is 47.5 Å². The number of carbonyl (C=O) groups excluding carboxylic acids is 1. The van der Waals surface area contributed by atoms with Gasteiger partial charge in [0, 0.05) is 11.1 Å². The van der Waals surface area contributed by atoms with Crippen molar-refractivity contribution >= 4 is 12.1 Å². The fourth-order valence-corrected chi connectivity index (χ4v) is 2.41. The number of nitrogens with one attached hydrogen (secondary N) is 1. The number of fused-ring (bicyclic) bond motifs is 1. The second kappa shape index (κ2) is 7.77. The average Bonchev–Trinajstić information content (AvgIpc) is 3.09. The van der Waals surface area contributed by atoms with Gasteiger partial charge in [-0.3, -0.25) is 4.79 Å². The minimum atomic E-state index is -0.315. The van der Waals surface area contributed by atoms with E-state index < -0.39 is 0 Å². The molecule has 7 heteroatoms. The molecule has 0 fully saturated rings. The van der Waals surface area contributed by atoms with E-state index in [2.05, 4.69) is 10.5 Å². The summed E-state index contributed by atoms with van der Waals surface area (Å²) in [4.78, 5) is 12.1. The van der Waals surface area contributed by atoms with Gasteiger partial charge >= 0.3 is 0 Å². The number of hydrogen-bond donors (Lipinski definition) is 1. The van der Waals surface area contributed by atoms with Gasteiger partial charge in [-0.25, -0.2) is 5.43 Å². The lowest BCUT2D eigenvalue weighted by atomic mass is 10.2. The van der Waals surface area contributed by atoms with Gasteiger partial charge in [0.25, 0.3) is 5.91 Å². The molecule has 0 radical (unpaired) electrons. The first-order chi connectivity index (χ1) is 12.6. The lowest BCUT2D eigenvalue weighted by molar-refractivity contribution is 0.0955. The van der Waals surface area contributed by atoms with Gasteiger partial charge in [-0.05, 0) is 50.2 Å². The standard InChI is InChI=1S/C19H20N2O5/c1-12(2)26-15-6-4-14(5-7-15)19(22)21-20-10-13-8-16(23-3)18-17(9-13)24-11-25-18/h4-10,12H,11H2,1-3H3,(H,21,22)/b20-10-. The van der Waals surface area contributed by atoms with Crippen LogP contribution in [-0.2, 0) is 0 Å². The van der Waals surface area contributed by atoms with E-state index in [9.17, 15) is 4.79 Å². The first-order valence-corrected chi connectivity index (χ1v) is 8.14. The molecule has 7 nitrogen and oxygen atoms in total. The molecule has 1 amide bonds. The van der Waals surface area contributed by atoms with Gasteiger partial charge in [0.15, 0.2) is 11.5 Å². The third-order valence-electron chi connectivity index (χ3n) is 3.55. The Morgan fingerprint density at radius 2 is 2.00 bits per heavy atom. The Bertz CT molecular complexity index is 815. The first-order valence-electron chi connectivity index (χ1n) is 8.14. The van der Waals surface area contributed by atoms with Crippen LogP contribution in [0, 0.1) is 0 Å². The Morgan fingerprint density at radius 3 is 2.69 bits per heavy atom. The highest BCUT2D eigenvalue weighted by atomic mass is 16.7. The molecule has 2 aromatic carbocycles. The Balaban J connectivity index is 1.64. The molecule has 0 bridgehead atoms. The zero-order valence-electron chi connectivity index (χ0n) is 14.8. The van der Waals surface area contributed by atoms with Gasteiger partial charge in [-0.2, -0.15) is 5.10 Å². The molecule has 1 N–H and O–H groups in total. The summed E-state index contributed by atoms with van der Waals surface area (Å²) >= 11 is 0. The maximum absolute atomic E-state index is 12.1. The van der Waals surface area contributed by atoms with Crippen molar-refractivity contribution in [2.24, 2.45) is 5.10 Å². The van der Waals surface area contributed by atoms with Gasteiger partial charge in [0.2, 0.25) is 12.5 Å². The normalized spacial score (nSPS) is 12.5. The van der Waals surface area contributed by atoms with Gasteiger partial charge < -0.3 is 18.9 Å². The highest BCUT2D eigenvalue weighted by molar-refractivity contribution is 5.95. The number of hydrazone groups is 1. The summed E-state index contributed by atoms with van der Waals surface area (Å²) in [6.07, 6.45) is 1.59. The summed E-state index contributed by atoms with van der Waals surface area (Å²) in [7, 11) is 1.55. The van der Waals surface area contributed by atoms with E-state index in [1.807, 2.05) is 13.8 Å². The smallest absolute Gasteiger partial charge is 0.271 e. The van der Waals surface area contributed by atoms with E-state index >= 15 is 0 Å². The molecule has 0 saturated heterocycles. The van der Waals surface area contributed by atoms with Crippen LogP contribution in [0.3, 0.4) is 0 Å². The molecule has 0 saturated carbocycles. The van der Waals surface area contributed by atoms with E-state index in [4.69, 9.17) is 18.9 Å². The van der Waals surface area contributed by atoms with Crippen LogP contribution in [0.2, 0.25) is 0 Å². The highest BCUT2D eigenvalue weighted by Crippen LogP contribution is 2.41. The topological polar surface area (TPSA) is 78.4 Å². The van der Waals surface area contributed by atoms with Crippen molar-refractivity contribution < 1.29 is 23.7 Å². The van der Waals surface area contributed by atoms with Crippen LogP contribution in [0.4, 0.5) is 0 Å². The van der Waals surface area contributed by atoms with Crippen molar-refractivity contribution in [3.8, 4) is 23.0 Å². The summed E-state index contributed by atoms with van der Waals surface area (Å²) in [5.41, 5.74) is 3.69. The van der Waals surface area contributed by atoms with E-state index in [1.165, 1.54) is 6.21 Å². The van der Waals surface area contributed by atoms with Crippen LogP contribution in [0.1, 0.15) is 29.8 Å². The number of hydrogen-bond acceptors (Lipinski definition) is 6. The molecular weight excluding hydrogens is 336 g/mol. The van der Waals surface area contributed by atoms with Crippen LogP contribution < -0.4 is 24.4 Å². The largest absolute Gasteiger partial charge is 0.493 e. The quantitative estimate of drug-likeness (QED) is 0.636. The van der Waals surface area contributed by atoms with Crippen LogP contribution in [0.15, 0.2) is 41.5 Å². The number of nitrogens with zero attached hydrogens (tertiary/aromatic N) is 1. The summed E-state index contributed by atoms with van der Waals surface area (Å²) in [5.74, 6) is 2.10. The Kier molecular flexibility index (Phi) is 5.26. The molecule has 26 heavy (non-hydrogen) atoms. The zero-order chi connectivity index (χ0) is 18.5. The van der Waals surface area contributed by atoms with Crippen molar-refractivity contribution in [3.63, 3.8) is 0 Å². The lowest BCUT2D eigenvalue weighted by Crippen LogP contribution is -2.17. The molecular formula is C19H20N2O5. The number of carbonyl (C=O) groups is 1. The van der Waals surface area contributed by atoms with E-state index in [0.29, 0.717) is 34.1 Å². The van der Waals surface area contributed by atoms with Gasteiger partial charge in [-0.1, -0.05) is 0 Å². The zero-order valence-corrected chi connectivity index (χ0v) is 14.8. The second-order valence-electron chi connectivity index (χ2n) is 5.85. The van der Waals surface area contributed by atoms with Gasteiger partial charge in [0.05, 0.1) is 19.4 Å². The number of methoxy groups -OCH3 is 1. The minimum Gasteiger partial charge on any atom is -0.493 e. The number of ether oxygens (including phenoxy) is 4. The maximum Gasteiger partial charge on any atom is 0.271 e. The van der Waals surface area contributed by atoms with Crippen LogP contribution in [0.5, 0.6) is 23.0 Å². The molecule has 0 spiro atoms. The Labute approximate surface area is 151 Å². The third kappa shape index (κ3) is 4.05. The van der Waals surface area contributed by atoms with Crippen LogP contribution >= 0.6 is 0 Å². The van der Waals surface area contributed by atoms with Crippen molar-refractivity contribution in [2.75, 3.05) is 13.9 Å². The molecule has 2 aromatic rings. The summed E-state index contributed by atoms with van der Waals surface area (Å²) in [6, 6.07) is 10.4. The van der Waals surface area contributed by atoms with Gasteiger partial charge in [-0.15, -0.1) is 0 Å². The van der Waals surface area contributed by atoms with Crippen LogP contribution in [-0.4, -0.2) is 32.1 Å². The molecule has 3 rings (SSSR count). The van der Waals surface area contributed by atoms with Gasteiger partial charge in [0.1, 0.15) is 5.75 Å². The predicted octanol–water partition coefficient (Wildman–Crippen LogP) is 2.98. The molecule has 0 atom stereocenters. The fourth-order valence-electron chi connectivity index (χ4n) is 2.41. The number of amides is 1. The van der Waals surface area contributed by atoms with E-state index in [1.54, 1.807) is 43.5 Å². The molecule has 1 aliphatic rings.